The van der Waals surface area contributed by atoms with Crippen LogP contribution in [0.3, 0.4) is 0 Å². The van der Waals surface area contributed by atoms with Crippen LogP contribution in [-0.4, -0.2) is 34.7 Å². The third-order valence-corrected chi connectivity index (χ3v) is 2.95. The lowest BCUT2D eigenvalue weighted by Gasteiger charge is -2.10. The summed E-state index contributed by atoms with van der Waals surface area (Å²) in [5.41, 5.74) is 1.24. The SMILES string of the molecule is CC(CO)NC(=O)c1cccc(C#CCCCCC(=O)O)c1. The fourth-order valence-corrected chi connectivity index (χ4v) is 1.75. The van der Waals surface area contributed by atoms with Crippen LogP contribution in [0, 0.1) is 11.8 Å². The Kier molecular flexibility index (Phi) is 7.73. The Hall–Kier alpha value is -2.32. The summed E-state index contributed by atoms with van der Waals surface area (Å²) >= 11 is 0. The third-order valence-electron chi connectivity index (χ3n) is 2.95. The second kappa shape index (κ2) is 9.59. The van der Waals surface area contributed by atoms with Crippen molar-refractivity contribution < 1.29 is 19.8 Å². The second-order valence-corrected chi connectivity index (χ2v) is 5.04. The predicted molar refractivity (Wildman–Crippen MR) is 83.4 cm³/mol. The van der Waals surface area contributed by atoms with Gasteiger partial charge in [-0.25, -0.2) is 0 Å². The van der Waals surface area contributed by atoms with E-state index in [1.54, 1.807) is 25.1 Å². The standard InChI is InChI=1S/C17H21NO4/c1-13(12-19)18-17(22)15-9-6-8-14(11-15)7-4-2-3-5-10-16(20)21/h6,8-9,11,13,19H,2-3,5,10,12H2,1H3,(H,18,22)(H,20,21). The fraction of sp³-hybridized carbons (Fsp3) is 0.412. The van der Waals surface area contributed by atoms with Gasteiger partial charge in [0.1, 0.15) is 0 Å². The molecule has 3 N–H and O–H groups in total. The van der Waals surface area contributed by atoms with Crippen molar-refractivity contribution in [3.63, 3.8) is 0 Å². The average molecular weight is 303 g/mol. The van der Waals surface area contributed by atoms with Crippen LogP contribution in [0.25, 0.3) is 0 Å². The third kappa shape index (κ3) is 6.91. The van der Waals surface area contributed by atoms with Crippen molar-refractivity contribution in [3.05, 3.63) is 35.4 Å². The van der Waals surface area contributed by atoms with Gasteiger partial charge in [0.05, 0.1) is 6.61 Å². The van der Waals surface area contributed by atoms with Crippen LogP contribution in [0.15, 0.2) is 24.3 Å². The minimum atomic E-state index is -0.788. The Morgan fingerprint density at radius 1 is 1.32 bits per heavy atom. The molecule has 0 spiro atoms. The summed E-state index contributed by atoms with van der Waals surface area (Å²) in [4.78, 5) is 22.3. The molecular weight excluding hydrogens is 282 g/mol. The maximum atomic E-state index is 11.9. The predicted octanol–water partition coefficient (Wildman–Crippen LogP) is 1.79. The molecule has 1 rings (SSSR count). The second-order valence-electron chi connectivity index (χ2n) is 5.04. The van der Waals surface area contributed by atoms with Crippen molar-refractivity contribution in [1.29, 1.82) is 0 Å². The minimum absolute atomic E-state index is 0.110. The first-order valence-electron chi connectivity index (χ1n) is 7.25. The summed E-state index contributed by atoms with van der Waals surface area (Å²) in [5.74, 6) is 4.92. The van der Waals surface area contributed by atoms with E-state index in [2.05, 4.69) is 17.2 Å². The van der Waals surface area contributed by atoms with Gasteiger partial charge in [-0.1, -0.05) is 17.9 Å². The lowest BCUT2D eigenvalue weighted by Crippen LogP contribution is -2.34. The van der Waals surface area contributed by atoms with Gasteiger partial charge < -0.3 is 15.5 Å². The lowest BCUT2D eigenvalue weighted by atomic mass is 10.1. The van der Waals surface area contributed by atoms with Gasteiger partial charge in [-0.05, 0) is 38.0 Å². The molecule has 0 aliphatic rings. The zero-order valence-electron chi connectivity index (χ0n) is 12.6. The number of nitrogens with one attached hydrogen (secondary N) is 1. The molecule has 0 aromatic heterocycles. The van der Waals surface area contributed by atoms with Crippen molar-refractivity contribution in [2.75, 3.05) is 6.61 Å². The molecule has 1 aromatic carbocycles. The Morgan fingerprint density at radius 2 is 2.09 bits per heavy atom. The fourth-order valence-electron chi connectivity index (χ4n) is 1.75. The number of carbonyl (C=O) groups is 2. The Bertz CT molecular complexity index is 572. The van der Waals surface area contributed by atoms with E-state index < -0.39 is 5.97 Å². The molecule has 22 heavy (non-hydrogen) atoms. The van der Waals surface area contributed by atoms with Gasteiger partial charge in [0, 0.05) is 30.0 Å². The number of benzene rings is 1. The molecule has 1 unspecified atom stereocenters. The highest BCUT2D eigenvalue weighted by atomic mass is 16.4. The molecule has 0 aliphatic carbocycles. The summed E-state index contributed by atoms with van der Waals surface area (Å²) in [6.45, 7) is 1.61. The van der Waals surface area contributed by atoms with Crippen molar-refractivity contribution >= 4 is 11.9 Å². The van der Waals surface area contributed by atoms with Crippen LogP contribution in [-0.2, 0) is 4.79 Å². The van der Waals surface area contributed by atoms with E-state index in [-0.39, 0.29) is 25.0 Å². The first kappa shape index (κ1) is 17.7. The highest BCUT2D eigenvalue weighted by molar-refractivity contribution is 5.94. The summed E-state index contributed by atoms with van der Waals surface area (Å²) < 4.78 is 0. The first-order chi connectivity index (χ1) is 10.5. The normalized spacial score (nSPS) is 11.2. The van der Waals surface area contributed by atoms with Crippen molar-refractivity contribution in [2.45, 2.75) is 38.6 Å². The summed E-state index contributed by atoms with van der Waals surface area (Å²) in [5, 5.41) is 20.1. The van der Waals surface area contributed by atoms with Gasteiger partial charge in [0.15, 0.2) is 0 Å². The Morgan fingerprint density at radius 3 is 2.77 bits per heavy atom. The Labute approximate surface area is 130 Å². The van der Waals surface area contributed by atoms with Crippen LogP contribution in [0.4, 0.5) is 0 Å². The number of carboxylic acid groups (broad SMARTS) is 1. The first-order valence-corrected chi connectivity index (χ1v) is 7.25. The molecular formula is C17H21NO4. The number of hydrogen-bond acceptors (Lipinski definition) is 3. The number of aliphatic hydroxyl groups is 1. The number of aliphatic carboxylic acids is 1. The molecule has 0 saturated carbocycles. The van der Waals surface area contributed by atoms with Gasteiger partial charge >= 0.3 is 5.97 Å². The van der Waals surface area contributed by atoms with Gasteiger partial charge in [-0.3, -0.25) is 9.59 Å². The number of rotatable bonds is 7. The molecule has 0 heterocycles. The van der Waals surface area contributed by atoms with Crippen molar-refractivity contribution in [3.8, 4) is 11.8 Å². The van der Waals surface area contributed by atoms with Crippen LogP contribution >= 0.6 is 0 Å². The Balaban J connectivity index is 2.54. The van der Waals surface area contributed by atoms with Crippen molar-refractivity contribution in [1.82, 2.24) is 5.32 Å². The molecule has 0 radical (unpaired) electrons. The monoisotopic (exact) mass is 303 g/mol. The van der Waals surface area contributed by atoms with Gasteiger partial charge in [-0.15, -0.1) is 0 Å². The molecule has 0 saturated heterocycles. The van der Waals surface area contributed by atoms with E-state index in [0.717, 1.165) is 12.0 Å². The van der Waals surface area contributed by atoms with Crippen LogP contribution in [0.5, 0.6) is 0 Å². The molecule has 1 aromatic rings. The van der Waals surface area contributed by atoms with Gasteiger partial charge in [-0.2, -0.15) is 0 Å². The zero-order valence-corrected chi connectivity index (χ0v) is 12.6. The largest absolute Gasteiger partial charge is 0.481 e. The lowest BCUT2D eigenvalue weighted by molar-refractivity contribution is -0.137. The maximum absolute atomic E-state index is 11.9. The van der Waals surface area contributed by atoms with E-state index in [1.165, 1.54) is 0 Å². The van der Waals surface area contributed by atoms with E-state index in [4.69, 9.17) is 10.2 Å². The average Bonchev–Trinajstić information content (AvgIpc) is 2.50. The summed E-state index contributed by atoms with van der Waals surface area (Å²) in [7, 11) is 0. The molecule has 118 valence electrons. The number of carboxylic acids is 1. The van der Waals surface area contributed by atoms with Crippen molar-refractivity contribution in [2.24, 2.45) is 0 Å². The minimum Gasteiger partial charge on any atom is -0.481 e. The molecule has 5 heteroatoms. The van der Waals surface area contributed by atoms with E-state index in [0.29, 0.717) is 18.4 Å². The number of carbonyl (C=O) groups excluding carboxylic acids is 1. The summed E-state index contributed by atoms with van der Waals surface area (Å²) in [6, 6.07) is 6.67. The van der Waals surface area contributed by atoms with Crippen LogP contribution in [0.2, 0.25) is 0 Å². The number of amides is 1. The van der Waals surface area contributed by atoms with Crippen LogP contribution < -0.4 is 5.32 Å². The topological polar surface area (TPSA) is 86.6 Å². The molecule has 1 amide bonds. The zero-order chi connectivity index (χ0) is 16.4. The van der Waals surface area contributed by atoms with Gasteiger partial charge in [0.25, 0.3) is 5.91 Å². The van der Waals surface area contributed by atoms with E-state index in [1.807, 2.05) is 6.07 Å². The number of hydrogen-bond donors (Lipinski definition) is 3. The smallest absolute Gasteiger partial charge is 0.303 e. The number of unbranched alkanes of at least 4 members (excludes halogenated alkanes) is 2. The van der Waals surface area contributed by atoms with E-state index in [9.17, 15) is 9.59 Å². The molecule has 0 bridgehead atoms. The van der Waals surface area contributed by atoms with E-state index >= 15 is 0 Å². The molecule has 0 aliphatic heterocycles. The number of aliphatic hydroxyl groups excluding tert-OH is 1. The molecule has 0 fully saturated rings. The highest BCUT2D eigenvalue weighted by Crippen LogP contribution is 2.05. The van der Waals surface area contributed by atoms with Crippen LogP contribution in [0.1, 0.15) is 48.5 Å². The summed E-state index contributed by atoms with van der Waals surface area (Å²) in [6.07, 6.45) is 2.16. The maximum Gasteiger partial charge on any atom is 0.303 e. The highest BCUT2D eigenvalue weighted by Gasteiger charge is 2.08. The van der Waals surface area contributed by atoms with Gasteiger partial charge in [0.2, 0.25) is 0 Å². The quantitative estimate of drug-likeness (QED) is 0.529. The molecule has 5 nitrogen and oxygen atoms in total. The molecule has 1 atom stereocenters.